The molecule has 0 heterocycles. The van der Waals surface area contributed by atoms with Crippen molar-refractivity contribution in [3.63, 3.8) is 0 Å². The lowest BCUT2D eigenvalue weighted by atomic mass is 9.96. The van der Waals surface area contributed by atoms with Crippen molar-refractivity contribution in [3.8, 4) is 0 Å². The fraction of sp³-hybridized carbons (Fsp3) is 0.500. The Morgan fingerprint density at radius 3 is 2.41 bits per heavy atom. The van der Waals surface area contributed by atoms with Gasteiger partial charge in [0.05, 0.1) is 5.69 Å². The molecule has 0 spiro atoms. The van der Waals surface area contributed by atoms with Crippen LogP contribution in [0.3, 0.4) is 0 Å². The van der Waals surface area contributed by atoms with Crippen molar-refractivity contribution in [1.82, 2.24) is 0 Å². The van der Waals surface area contributed by atoms with Crippen LogP contribution in [0, 0.1) is 29.3 Å². The second-order valence-electron chi connectivity index (χ2n) is 4.37. The van der Waals surface area contributed by atoms with Gasteiger partial charge in [0.2, 0.25) is 0 Å². The minimum atomic E-state index is -1.19. The molecule has 0 aliphatic carbocycles. The van der Waals surface area contributed by atoms with Gasteiger partial charge < -0.3 is 11.1 Å². The molecule has 5 heteroatoms. The number of nitrogens with two attached hydrogens (primary N) is 1. The minimum absolute atomic E-state index is 0.126. The van der Waals surface area contributed by atoms with Crippen molar-refractivity contribution < 1.29 is 13.2 Å². The summed E-state index contributed by atoms with van der Waals surface area (Å²) in [5, 5.41) is 2.69. The largest absolute Gasteiger partial charge is 0.382 e. The van der Waals surface area contributed by atoms with Crippen molar-refractivity contribution in [2.75, 3.05) is 18.4 Å². The molecule has 96 valence electrons. The zero-order valence-corrected chi connectivity index (χ0v) is 9.93. The molecule has 0 saturated carbocycles. The van der Waals surface area contributed by atoms with Gasteiger partial charge in [-0.05, 0) is 18.4 Å². The summed E-state index contributed by atoms with van der Waals surface area (Å²) in [6.45, 7) is 4.79. The maximum absolute atomic E-state index is 13.3. The molecule has 1 atom stereocenters. The highest BCUT2D eigenvalue weighted by Gasteiger charge is 2.14. The topological polar surface area (TPSA) is 38.0 Å². The van der Waals surface area contributed by atoms with Gasteiger partial charge in [0.15, 0.2) is 11.6 Å². The molecule has 3 N–H and O–H groups in total. The third-order valence-corrected chi connectivity index (χ3v) is 2.79. The monoisotopic (exact) mass is 246 g/mol. The highest BCUT2D eigenvalue weighted by Crippen LogP contribution is 2.20. The maximum atomic E-state index is 13.3. The number of hydrogen-bond acceptors (Lipinski definition) is 2. The molecule has 1 unspecified atom stereocenters. The van der Waals surface area contributed by atoms with E-state index < -0.39 is 17.5 Å². The number of rotatable bonds is 5. The molecule has 0 saturated heterocycles. The predicted octanol–water partition coefficient (Wildman–Crippen LogP) is 2.75. The van der Waals surface area contributed by atoms with Gasteiger partial charge in [-0.25, -0.2) is 13.2 Å². The third-order valence-electron chi connectivity index (χ3n) is 2.79. The van der Waals surface area contributed by atoms with Crippen molar-refractivity contribution in [1.29, 1.82) is 0 Å². The summed E-state index contributed by atoms with van der Waals surface area (Å²) in [6, 6.07) is 1.45. The van der Waals surface area contributed by atoms with Crippen LogP contribution in [-0.4, -0.2) is 13.1 Å². The average molecular weight is 246 g/mol. The molecule has 0 aromatic heterocycles. The predicted molar refractivity (Wildman–Crippen MR) is 62.2 cm³/mol. The lowest BCUT2D eigenvalue weighted by Crippen LogP contribution is -2.27. The van der Waals surface area contributed by atoms with Gasteiger partial charge in [0.25, 0.3) is 0 Å². The molecule has 0 fully saturated rings. The Morgan fingerprint density at radius 2 is 1.88 bits per heavy atom. The highest BCUT2D eigenvalue weighted by molar-refractivity contribution is 5.45. The molecule has 1 aromatic carbocycles. The van der Waals surface area contributed by atoms with Crippen LogP contribution in [-0.2, 0) is 0 Å². The van der Waals surface area contributed by atoms with Gasteiger partial charge in [-0.2, -0.15) is 0 Å². The number of halogens is 3. The molecule has 0 bridgehead atoms. The minimum Gasteiger partial charge on any atom is -0.382 e. The van der Waals surface area contributed by atoms with Crippen molar-refractivity contribution in [3.05, 3.63) is 29.6 Å². The van der Waals surface area contributed by atoms with E-state index in [-0.39, 0.29) is 11.6 Å². The lowest BCUT2D eigenvalue weighted by Gasteiger charge is -2.20. The Kier molecular flexibility index (Phi) is 4.81. The fourth-order valence-electron chi connectivity index (χ4n) is 1.52. The van der Waals surface area contributed by atoms with E-state index >= 15 is 0 Å². The molecule has 0 amide bonds. The maximum Gasteiger partial charge on any atom is 0.182 e. The Bertz CT molecular complexity index is 380. The Balaban J connectivity index is 2.75. The van der Waals surface area contributed by atoms with Crippen LogP contribution < -0.4 is 11.1 Å². The van der Waals surface area contributed by atoms with Crippen molar-refractivity contribution in [2.24, 2.45) is 17.6 Å². The van der Waals surface area contributed by atoms with E-state index in [0.29, 0.717) is 25.1 Å². The normalized spacial score (nSPS) is 12.9. The van der Waals surface area contributed by atoms with Gasteiger partial charge in [-0.1, -0.05) is 13.8 Å². The number of benzene rings is 1. The van der Waals surface area contributed by atoms with Gasteiger partial charge >= 0.3 is 0 Å². The first kappa shape index (κ1) is 13.8. The SMILES string of the molecule is CC(C)C(CN)CNc1cc(F)cc(F)c1F. The van der Waals surface area contributed by atoms with E-state index in [4.69, 9.17) is 5.73 Å². The summed E-state index contributed by atoms with van der Waals surface area (Å²) < 4.78 is 39.1. The first-order chi connectivity index (χ1) is 7.95. The summed E-state index contributed by atoms with van der Waals surface area (Å²) in [5.41, 5.74) is 5.39. The molecular weight excluding hydrogens is 229 g/mol. The molecule has 17 heavy (non-hydrogen) atoms. The third kappa shape index (κ3) is 3.63. The van der Waals surface area contributed by atoms with Gasteiger partial charge in [0, 0.05) is 18.7 Å². The van der Waals surface area contributed by atoms with Gasteiger partial charge in [-0.15, -0.1) is 0 Å². The van der Waals surface area contributed by atoms with E-state index in [1.165, 1.54) is 0 Å². The van der Waals surface area contributed by atoms with Gasteiger partial charge in [-0.3, -0.25) is 0 Å². The zero-order valence-electron chi connectivity index (χ0n) is 9.93. The first-order valence-corrected chi connectivity index (χ1v) is 5.54. The summed E-state index contributed by atoms with van der Waals surface area (Å²) >= 11 is 0. The second-order valence-corrected chi connectivity index (χ2v) is 4.37. The molecular formula is C12H17F3N2. The van der Waals surface area contributed by atoms with Crippen LogP contribution >= 0.6 is 0 Å². The van der Waals surface area contributed by atoms with Crippen LogP contribution in [0.1, 0.15) is 13.8 Å². The number of anilines is 1. The molecule has 0 aliphatic rings. The van der Waals surface area contributed by atoms with Crippen LogP contribution in [0.25, 0.3) is 0 Å². The Hall–Kier alpha value is -1.23. The lowest BCUT2D eigenvalue weighted by molar-refractivity contribution is 0.412. The molecule has 0 radical (unpaired) electrons. The number of nitrogens with one attached hydrogen (secondary N) is 1. The smallest absolute Gasteiger partial charge is 0.182 e. The summed E-state index contributed by atoms with van der Waals surface area (Å²) in [4.78, 5) is 0. The van der Waals surface area contributed by atoms with Crippen molar-refractivity contribution >= 4 is 5.69 Å². The van der Waals surface area contributed by atoms with E-state index in [0.717, 1.165) is 6.07 Å². The Labute approximate surface area is 99.0 Å². The van der Waals surface area contributed by atoms with Crippen LogP contribution in [0.5, 0.6) is 0 Å². The molecule has 1 rings (SSSR count). The standard InChI is InChI=1S/C12H17F3N2/c1-7(2)8(5-16)6-17-11-4-9(13)3-10(14)12(11)15/h3-4,7-8,17H,5-6,16H2,1-2H3. The molecule has 0 aliphatic heterocycles. The quantitative estimate of drug-likeness (QED) is 0.784. The second kappa shape index (κ2) is 5.91. The molecule has 2 nitrogen and oxygen atoms in total. The first-order valence-electron chi connectivity index (χ1n) is 5.54. The van der Waals surface area contributed by atoms with Crippen molar-refractivity contribution in [2.45, 2.75) is 13.8 Å². The van der Waals surface area contributed by atoms with E-state index in [1.807, 2.05) is 13.8 Å². The number of hydrogen-bond donors (Lipinski definition) is 2. The van der Waals surface area contributed by atoms with E-state index in [2.05, 4.69) is 5.32 Å². The van der Waals surface area contributed by atoms with E-state index in [1.54, 1.807) is 0 Å². The van der Waals surface area contributed by atoms with Crippen LogP contribution in [0.2, 0.25) is 0 Å². The Morgan fingerprint density at radius 1 is 1.24 bits per heavy atom. The van der Waals surface area contributed by atoms with Crippen LogP contribution in [0.4, 0.5) is 18.9 Å². The van der Waals surface area contributed by atoms with Crippen LogP contribution in [0.15, 0.2) is 12.1 Å². The fourth-order valence-corrected chi connectivity index (χ4v) is 1.52. The van der Waals surface area contributed by atoms with Gasteiger partial charge in [0.1, 0.15) is 5.82 Å². The molecule has 1 aromatic rings. The average Bonchev–Trinajstić information content (AvgIpc) is 2.25. The summed E-state index contributed by atoms with van der Waals surface area (Å²) in [5.74, 6) is -2.62. The summed E-state index contributed by atoms with van der Waals surface area (Å²) in [7, 11) is 0. The summed E-state index contributed by atoms with van der Waals surface area (Å²) in [6.07, 6.45) is 0. The zero-order chi connectivity index (χ0) is 13.0. The highest BCUT2D eigenvalue weighted by atomic mass is 19.2. The van der Waals surface area contributed by atoms with E-state index in [9.17, 15) is 13.2 Å².